The van der Waals surface area contributed by atoms with Gasteiger partial charge < -0.3 is 4.57 Å². The minimum Gasteiger partial charge on any atom is -0.313 e. The third kappa shape index (κ3) is 28.7. The maximum Gasteiger partial charge on any atom is 0.316 e. The zero-order valence-electron chi connectivity index (χ0n) is 1.77. The summed E-state index contributed by atoms with van der Waals surface area (Å²) in [4.78, 5) is 0. The van der Waals surface area contributed by atoms with Crippen molar-refractivity contribution in [2.45, 2.75) is 0 Å². The van der Waals surface area contributed by atoms with E-state index in [-0.39, 0.29) is 35.5 Å². The van der Waals surface area contributed by atoms with Crippen LogP contribution in [0.25, 0.3) is 0 Å². The summed E-state index contributed by atoms with van der Waals surface area (Å²) in [5, 5.41) is 0. The lowest BCUT2D eigenvalue weighted by Crippen LogP contribution is -0.706. The van der Waals surface area contributed by atoms with Gasteiger partial charge in [0.1, 0.15) is 7.81 Å². The average Bonchev–Trinajstić information content (AvgIpc) is 0.918. The Kier molecular flexibility index (Phi) is 56.3. The quantitative estimate of drug-likeness (QED) is 0.358. The zero-order chi connectivity index (χ0) is 2.71. The molecule has 0 N–H and O–H groups in total. The normalized spacial score (nSPS) is 5.80. The Bertz CT molecular complexity index is 17.1. The van der Waals surface area contributed by atoms with Gasteiger partial charge in [-0.05, 0) is 0 Å². The van der Waals surface area contributed by atoms with Crippen LogP contribution in [0.4, 0.5) is 0 Å². The first-order valence-corrected chi connectivity index (χ1v) is 2.67. The van der Waals surface area contributed by atoms with E-state index in [0.29, 0.717) is 0 Å². The molecule has 0 rings (SSSR count). The maximum atomic E-state index is 8.78. The molecule has 0 aromatic heterocycles. The van der Waals surface area contributed by atoms with Gasteiger partial charge in [0.15, 0.2) is 0 Å². The van der Waals surface area contributed by atoms with E-state index in [2.05, 4.69) is 11.2 Å². The van der Waals surface area contributed by atoms with E-state index in [4.69, 9.17) is 4.57 Å². The van der Waals surface area contributed by atoms with E-state index in [1.807, 2.05) is 0 Å². The Balaban J connectivity index is -0.0000000200. The van der Waals surface area contributed by atoms with Gasteiger partial charge in [0.2, 0.25) is 0 Å². The molecule has 1 atom stereocenters. The topological polar surface area (TPSA) is 17.1 Å². The Morgan fingerprint density at radius 1 is 1.60 bits per heavy atom. The van der Waals surface area contributed by atoms with Crippen LogP contribution in [0.2, 0.25) is 0 Å². The highest BCUT2D eigenvalue weighted by Gasteiger charge is 1.24. The van der Waals surface area contributed by atoms with Gasteiger partial charge >= 0.3 is 23.1 Å². The molecule has 0 saturated heterocycles. The lowest BCUT2D eigenvalue weighted by atomic mass is 16.0. The summed E-state index contributed by atoms with van der Waals surface area (Å²) in [5.74, 6) is 0. The molecule has 5 heteroatoms. The van der Waals surface area contributed by atoms with E-state index in [9.17, 15) is 0 Å². The molecule has 0 amide bonds. The standard InChI is InChI=1S/ClH2OP.ClH.Mg.2H/c1-3-2;;;;/h3H2;1H;;;. The number of hydrogen-bond donors (Lipinski definition) is 0. The fourth-order valence-corrected chi connectivity index (χ4v) is 0. The summed E-state index contributed by atoms with van der Waals surface area (Å²) in [5.41, 5.74) is 0. The number of hydrogen-bond acceptors (Lipinski definition) is 1. The third-order valence-electron chi connectivity index (χ3n) is 0. The van der Waals surface area contributed by atoms with Crippen LogP contribution in [-0.2, 0) is 4.57 Å². The minimum atomic E-state index is -1.03. The van der Waals surface area contributed by atoms with Crippen LogP contribution in [0.5, 0.6) is 0 Å². The second kappa shape index (κ2) is 17.6. The molecule has 0 aromatic carbocycles. The Morgan fingerprint density at radius 3 is 1.60 bits per heavy atom. The Hall–Kier alpha value is 1.58. The van der Waals surface area contributed by atoms with E-state index in [1.54, 1.807) is 0 Å². The van der Waals surface area contributed by atoms with Crippen molar-refractivity contribution in [3.63, 3.8) is 0 Å². The molecule has 0 bridgehead atoms. The van der Waals surface area contributed by atoms with E-state index in [1.165, 1.54) is 0 Å². The summed E-state index contributed by atoms with van der Waals surface area (Å²) < 4.78 is 8.78. The second-order valence-electron chi connectivity index (χ2n) is 0.0891. The highest BCUT2D eigenvalue weighted by atomic mass is 35.7. The largest absolute Gasteiger partial charge is 0.316 e. The third-order valence-corrected chi connectivity index (χ3v) is 0. The smallest absolute Gasteiger partial charge is 0.313 e. The molecule has 5 heavy (non-hydrogen) atoms. The zero-order valence-corrected chi connectivity index (χ0v) is 4.50. The molecule has 1 nitrogen and oxygen atoms in total. The molecule has 1 unspecified atom stereocenters. The van der Waals surface area contributed by atoms with Crippen LogP contribution in [-0.4, -0.2) is 23.1 Å². The molecular formula is H5Cl2MgOP. The summed E-state index contributed by atoms with van der Waals surface area (Å²) in [6, 6.07) is 0. The van der Waals surface area contributed by atoms with Crippen molar-refractivity contribution in [1.29, 1.82) is 0 Å². The predicted octanol–water partition coefficient (Wildman–Crippen LogP) is 0.402. The Morgan fingerprint density at radius 2 is 1.60 bits per heavy atom. The molecule has 32 valence electrons. The van der Waals surface area contributed by atoms with Crippen LogP contribution in [0.15, 0.2) is 0 Å². The Labute approximate surface area is 59.0 Å². The first kappa shape index (κ1) is 16.0. The maximum absolute atomic E-state index is 8.78. The van der Waals surface area contributed by atoms with Crippen molar-refractivity contribution >= 4 is 54.5 Å². The molecule has 0 saturated carbocycles. The van der Waals surface area contributed by atoms with E-state index < -0.39 is 7.81 Å². The van der Waals surface area contributed by atoms with Crippen molar-refractivity contribution in [2.75, 3.05) is 0 Å². The van der Waals surface area contributed by atoms with Gasteiger partial charge in [0, 0.05) is 0 Å². The average molecular weight is 147 g/mol. The van der Waals surface area contributed by atoms with Gasteiger partial charge in [-0.1, -0.05) is 11.2 Å². The molecule has 0 aliphatic rings. The number of halogens is 2. The lowest BCUT2D eigenvalue weighted by molar-refractivity contribution is 0.605. The summed E-state index contributed by atoms with van der Waals surface area (Å²) >= 11 is 4.53. The molecule has 0 fully saturated rings. The van der Waals surface area contributed by atoms with Crippen molar-refractivity contribution < 1.29 is 4.57 Å². The fourth-order valence-electron chi connectivity index (χ4n) is 0. The second-order valence-corrected chi connectivity index (χ2v) is 0.802. The van der Waals surface area contributed by atoms with Crippen molar-refractivity contribution in [1.82, 2.24) is 0 Å². The molecule has 0 heterocycles. The van der Waals surface area contributed by atoms with Crippen LogP contribution in [0, 0.1) is 0 Å². The van der Waals surface area contributed by atoms with Crippen LogP contribution >= 0.6 is 31.5 Å². The van der Waals surface area contributed by atoms with Crippen LogP contribution in [0.3, 0.4) is 0 Å². The first-order valence-electron chi connectivity index (χ1n) is 0.454. The summed E-state index contributed by atoms with van der Waals surface area (Å²) in [6.07, 6.45) is 0. The van der Waals surface area contributed by atoms with Gasteiger partial charge in [-0.15, -0.1) is 12.4 Å². The summed E-state index contributed by atoms with van der Waals surface area (Å²) in [6.45, 7) is 0. The van der Waals surface area contributed by atoms with E-state index >= 15 is 0 Å². The molecule has 0 spiro atoms. The number of rotatable bonds is 0. The fraction of sp³-hybridized carbons (Fsp3) is 0. The molecule has 0 aliphatic heterocycles. The predicted molar refractivity (Wildman–Crippen MR) is 32.0 cm³/mol. The molecular weight excluding hydrogens is 142 g/mol. The summed E-state index contributed by atoms with van der Waals surface area (Å²) in [7, 11) is -1.03. The first-order chi connectivity index (χ1) is 1.41. The van der Waals surface area contributed by atoms with Crippen molar-refractivity contribution in [3.8, 4) is 0 Å². The van der Waals surface area contributed by atoms with Gasteiger partial charge in [0.25, 0.3) is 0 Å². The minimum absolute atomic E-state index is 0. The van der Waals surface area contributed by atoms with Crippen molar-refractivity contribution in [2.24, 2.45) is 0 Å². The van der Waals surface area contributed by atoms with Gasteiger partial charge in [-0.3, -0.25) is 0 Å². The molecule has 0 aliphatic carbocycles. The van der Waals surface area contributed by atoms with Crippen LogP contribution < -0.4 is 0 Å². The van der Waals surface area contributed by atoms with Gasteiger partial charge in [-0.2, -0.15) is 0 Å². The van der Waals surface area contributed by atoms with Gasteiger partial charge in [0.05, 0.1) is 0 Å². The lowest BCUT2D eigenvalue weighted by Gasteiger charge is -1.24. The molecule has 0 radical (unpaired) electrons. The van der Waals surface area contributed by atoms with Crippen LogP contribution in [0.1, 0.15) is 0 Å². The SMILES string of the molecule is Cl.O=[PH2]Cl.[MgH2]. The monoisotopic (exact) mass is 146 g/mol. The van der Waals surface area contributed by atoms with Crippen molar-refractivity contribution in [3.05, 3.63) is 0 Å². The highest BCUT2D eigenvalue weighted by Crippen LogP contribution is 1.92. The van der Waals surface area contributed by atoms with E-state index in [0.717, 1.165) is 0 Å². The highest BCUT2D eigenvalue weighted by molar-refractivity contribution is 7.57. The molecule has 0 aromatic rings. The van der Waals surface area contributed by atoms with Gasteiger partial charge in [-0.25, -0.2) is 0 Å².